The summed E-state index contributed by atoms with van der Waals surface area (Å²) in [6.07, 6.45) is 2.74. The molecule has 174 valence electrons. The van der Waals surface area contributed by atoms with Crippen molar-refractivity contribution in [1.29, 1.82) is 0 Å². The lowest BCUT2D eigenvalue weighted by molar-refractivity contribution is -0.133. The number of nitrogens with one attached hydrogen (secondary N) is 2. The van der Waals surface area contributed by atoms with E-state index < -0.39 is 0 Å². The zero-order chi connectivity index (χ0) is 23.1. The molecule has 7 nitrogen and oxygen atoms in total. The number of rotatable bonds is 6. The molecule has 33 heavy (non-hydrogen) atoms. The van der Waals surface area contributed by atoms with Gasteiger partial charge in [-0.15, -0.1) is 0 Å². The number of nitrogens with zero attached hydrogens (tertiary/aromatic N) is 4. The third-order valence-electron chi connectivity index (χ3n) is 6.94. The molecule has 1 aromatic heterocycles. The summed E-state index contributed by atoms with van der Waals surface area (Å²) in [5, 5.41) is 7.48. The minimum atomic E-state index is -0.231. The summed E-state index contributed by atoms with van der Waals surface area (Å²) in [5.74, 6) is 2.81. The van der Waals surface area contributed by atoms with Gasteiger partial charge >= 0.3 is 0 Å². The third kappa shape index (κ3) is 4.44. The highest BCUT2D eigenvalue weighted by Crippen LogP contribution is 2.58. The molecule has 3 aliphatic rings. The van der Waals surface area contributed by atoms with Gasteiger partial charge in [0.1, 0.15) is 18.0 Å². The summed E-state index contributed by atoms with van der Waals surface area (Å²) >= 11 is 6.08. The van der Waals surface area contributed by atoms with Crippen LogP contribution in [0.5, 0.6) is 0 Å². The maximum Gasteiger partial charge on any atom is 0.231 e. The fraction of sp³-hybridized carbons (Fsp3) is 0.480. The van der Waals surface area contributed by atoms with E-state index in [0.717, 1.165) is 42.4 Å². The normalized spacial score (nSPS) is 22.5. The smallest absolute Gasteiger partial charge is 0.231 e. The minimum absolute atomic E-state index is 0.162. The van der Waals surface area contributed by atoms with Gasteiger partial charge in [-0.25, -0.2) is 9.97 Å². The van der Waals surface area contributed by atoms with Crippen molar-refractivity contribution in [3.8, 4) is 0 Å². The van der Waals surface area contributed by atoms with Gasteiger partial charge in [-0.2, -0.15) is 0 Å². The zero-order valence-corrected chi connectivity index (χ0v) is 20.0. The maximum absolute atomic E-state index is 13.6. The summed E-state index contributed by atoms with van der Waals surface area (Å²) < 4.78 is 0. The van der Waals surface area contributed by atoms with Crippen molar-refractivity contribution in [3.63, 3.8) is 0 Å². The molecule has 3 atom stereocenters. The number of amides is 1. The molecular formula is C25H31ClN6O. The first-order chi connectivity index (χ1) is 15.9. The first kappa shape index (κ1) is 22.2. The Morgan fingerprint density at radius 3 is 2.61 bits per heavy atom. The first-order valence-corrected chi connectivity index (χ1v) is 12.1. The lowest BCUT2D eigenvalue weighted by atomic mass is 9.96. The quantitative estimate of drug-likeness (QED) is 0.677. The Balaban J connectivity index is 1.29. The van der Waals surface area contributed by atoms with Crippen LogP contribution in [0.3, 0.4) is 0 Å². The highest BCUT2D eigenvalue weighted by atomic mass is 35.5. The number of carbonyl (C=O) groups is 1. The van der Waals surface area contributed by atoms with E-state index in [1.54, 1.807) is 6.33 Å². The predicted molar refractivity (Wildman–Crippen MR) is 132 cm³/mol. The van der Waals surface area contributed by atoms with Crippen LogP contribution in [0, 0.1) is 5.92 Å². The molecule has 2 N–H and O–H groups in total. The molecule has 0 radical (unpaired) electrons. The SMILES string of the molecule is C=C1Nc2ncnc(N3CCN(C(=O)[C@H](CNC(C)C)c4ccc(Cl)cc4)CC3)c2[C@H]2C[C@@H]12. The molecule has 0 spiro atoms. The monoisotopic (exact) mass is 466 g/mol. The minimum Gasteiger partial charge on any atom is -0.353 e. The molecule has 3 heterocycles. The maximum atomic E-state index is 13.6. The Hall–Kier alpha value is -2.64. The molecular weight excluding hydrogens is 436 g/mol. The summed E-state index contributed by atoms with van der Waals surface area (Å²) in [7, 11) is 0. The first-order valence-electron chi connectivity index (χ1n) is 11.8. The van der Waals surface area contributed by atoms with Crippen molar-refractivity contribution in [2.75, 3.05) is 42.9 Å². The van der Waals surface area contributed by atoms with Gasteiger partial charge in [-0.3, -0.25) is 4.79 Å². The summed E-state index contributed by atoms with van der Waals surface area (Å²) in [5.41, 5.74) is 3.28. The van der Waals surface area contributed by atoms with Crippen LogP contribution in [0.2, 0.25) is 5.02 Å². The lowest BCUT2D eigenvalue weighted by Gasteiger charge is -2.38. The van der Waals surface area contributed by atoms with Crippen LogP contribution in [-0.4, -0.2) is 59.5 Å². The second-order valence-electron chi connectivity index (χ2n) is 9.54. The molecule has 0 bridgehead atoms. The van der Waals surface area contributed by atoms with Crippen molar-refractivity contribution in [2.24, 2.45) is 5.92 Å². The average molecular weight is 467 g/mol. The second-order valence-corrected chi connectivity index (χ2v) is 9.97. The number of hydrogen-bond acceptors (Lipinski definition) is 6. The van der Waals surface area contributed by atoms with Crippen LogP contribution < -0.4 is 15.5 Å². The van der Waals surface area contributed by atoms with E-state index in [1.807, 2.05) is 29.2 Å². The van der Waals surface area contributed by atoms with E-state index in [1.165, 1.54) is 5.56 Å². The van der Waals surface area contributed by atoms with Gasteiger partial charge in [-0.05, 0) is 24.1 Å². The molecule has 0 unspecified atom stereocenters. The van der Waals surface area contributed by atoms with E-state index >= 15 is 0 Å². The fourth-order valence-electron chi connectivity index (χ4n) is 4.98. The van der Waals surface area contributed by atoms with Crippen molar-refractivity contribution in [3.05, 3.63) is 59.0 Å². The molecule has 8 heteroatoms. The number of piperazine rings is 1. The Bertz CT molecular complexity index is 1050. The zero-order valence-electron chi connectivity index (χ0n) is 19.2. The third-order valence-corrected chi connectivity index (χ3v) is 7.19. The van der Waals surface area contributed by atoms with Crippen LogP contribution in [0.4, 0.5) is 11.6 Å². The number of carbonyl (C=O) groups excluding carboxylic acids is 1. The second kappa shape index (κ2) is 8.95. The van der Waals surface area contributed by atoms with E-state index in [-0.39, 0.29) is 11.8 Å². The number of aromatic nitrogens is 2. The van der Waals surface area contributed by atoms with Crippen LogP contribution in [0.25, 0.3) is 0 Å². The number of allylic oxidation sites excluding steroid dienone is 1. The number of hydrogen-bond donors (Lipinski definition) is 2. The van der Waals surface area contributed by atoms with Gasteiger partial charge in [0, 0.05) is 66.9 Å². The molecule has 1 saturated carbocycles. The number of fused-ring (bicyclic) bond motifs is 3. The molecule has 1 aliphatic carbocycles. The summed E-state index contributed by atoms with van der Waals surface area (Å²) in [6, 6.07) is 7.95. The summed E-state index contributed by atoms with van der Waals surface area (Å²) in [6.45, 7) is 11.8. The van der Waals surface area contributed by atoms with Crippen LogP contribution in [0.1, 0.15) is 43.2 Å². The predicted octanol–water partition coefficient (Wildman–Crippen LogP) is 3.60. The van der Waals surface area contributed by atoms with E-state index in [9.17, 15) is 4.79 Å². The fourth-order valence-corrected chi connectivity index (χ4v) is 5.10. The van der Waals surface area contributed by atoms with Gasteiger partial charge < -0.3 is 20.4 Å². The lowest BCUT2D eigenvalue weighted by Crippen LogP contribution is -2.51. The molecule has 2 aliphatic heterocycles. The Labute approximate surface area is 200 Å². The van der Waals surface area contributed by atoms with E-state index in [0.29, 0.717) is 42.5 Å². The summed E-state index contributed by atoms with van der Waals surface area (Å²) in [4.78, 5) is 27.0. The largest absolute Gasteiger partial charge is 0.353 e. The van der Waals surface area contributed by atoms with Gasteiger partial charge in [0.2, 0.25) is 5.91 Å². The van der Waals surface area contributed by atoms with Crippen LogP contribution in [0.15, 0.2) is 42.9 Å². The molecule has 5 rings (SSSR count). The highest BCUT2D eigenvalue weighted by Gasteiger charge is 2.48. The number of benzene rings is 1. The Morgan fingerprint density at radius 2 is 1.91 bits per heavy atom. The molecule has 2 aromatic rings. The van der Waals surface area contributed by atoms with Crippen LogP contribution >= 0.6 is 11.6 Å². The Kier molecular flexibility index (Phi) is 6.01. The molecule has 2 fully saturated rings. The van der Waals surface area contributed by atoms with Gasteiger partial charge in [0.15, 0.2) is 0 Å². The average Bonchev–Trinajstić information content (AvgIpc) is 3.62. The van der Waals surface area contributed by atoms with Gasteiger partial charge in [-0.1, -0.05) is 44.2 Å². The molecule has 1 amide bonds. The molecule has 1 saturated heterocycles. The standard InChI is InChI=1S/C25H31ClN6O/c1-15(2)27-13-21(17-4-6-18(26)7-5-17)25(33)32-10-8-31(9-11-32)24-22-20-12-19(20)16(3)30-23(22)28-14-29-24/h4-7,14-15,19-21,27H,3,8-13H2,1-2H3,(H,28,29,30)/t19-,20-,21+/m0/s1. The topological polar surface area (TPSA) is 73.4 Å². The highest BCUT2D eigenvalue weighted by molar-refractivity contribution is 6.30. The Morgan fingerprint density at radius 1 is 1.18 bits per heavy atom. The number of anilines is 2. The van der Waals surface area contributed by atoms with Gasteiger partial charge in [0.05, 0.1) is 5.92 Å². The van der Waals surface area contributed by atoms with Crippen molar-refractivity contribution in [1.82, 2.24) is 20.2 Å². The van der Waals surface area contributed by atoms with E-state index in [4.69, 9.17) is 11.6 Å². The van der Waals surface area contributed by atoms with Crippen molar-refractivity contribution in [2.45, 2.75) is 38.1 Å². The van der Waals surface area contributed by atoms with E-state index in [2.05, 4.69) is 45.9 Å². The van der Waals surface area contributed by atoms with Gasteiger partial charge in [0.25, 0.3) is 0 Å². The van der Waals surface area contributed by atoms with Crippen molar-refractivity contribution >= 4 is 29.1 Å². The van der Waals surface area contributed by atoms with Crippen LogP contribution in [-0.2, 0) is 4.79 Å². The number of halogens is 1. The molecule has 1 aromatic carbocycles. The van der Waals surface area contributed by atoms with Crippen molar-refractivity contribution < 1.29 is 4.79 Å².